The lowest BCUT2D eigenvalue weighted by molar-refractivity contribution is 0.390. The van der Waals surface area contributed by atoms with Crippen molar-refractivity contribution in [2.45, 2.75) is 26.7 Å². The van der Waals surface area contributed by atoms with Gasteiger partial charge in [0.15, 0.2) is 0 Å². The van der Waals surface area contributed by atoms with Crippen LogP contribution in [-0.4, -0.2) is 0 Å². The van der Waals surface area contributed by atoms with E-state index in [2.05, 4.69) is 26.0 Å². The molecule has 1 aliphatic carbocycles. The Kier molecular flexibility index (Phi) is 0.914. The maximum atomic E-state index is 5.58. The molecule has 0 atom stereocenters. The van der Waals surface area contributed by atoms with E-state index in [0.717, 1.165) is 11.2 Å². The fourth-order valence-corrected chi connectivity index (χ4v) is 2.37. The van der Waals surface area contributed by atoms with E-state index in [1.165, 1.54) is 24.0 Å². The predicted molar refractivity (Wildman–Crippen MR) is 48.6 cm³/mol. The van der Waals surface area contributed by atoms with E-state index in [1.54, 1.807) is 0 Å². The Morgan fingerprint density at radius 2 is 1.58 bits per heavy atom. The summed E-state index contributed by atoms with van der Waals surface area (Å²) < 4.78 is 5.58. The second-order valence-electron chi connectivity index (χ2n) is 4.64. The van der Waals surface area contributed by atoms with E-state index >= 15 is 0 Å². The fraction of sp³-hybridized carbons (Fsp3) is 0.455. The SMILES string of the molecule is CC1(C)Cc2c(c3ccc2o3)C1. The van der Waals surface area contributed by atoms with Crippen molar-refractivity contribution in [3.05, 3.63) is 23.3 Å². The van der Waals surface area contributed by atoms with Crippen molar-refractivity contribution in [1.29, 1.82) is 0 Å². The molecule has 0 saturated carbocycles. The first-order valence-corrected chi connectivity index (χ1v) is 4.48. The Hall–Kier alpha value is -0.980. The van der Waals surface area contributed by atoms with Crippen molar-refractivity contribution in [3.8, 4) is 0 Å². The van der Waals surface area contributed by atoms with Crippen molar-refractivity contribution in [1.82, 2.24) is 0 Å². The quantitative estimate of drug-likeness (QED) is 0.577. The third-order valence-corrected chi connectivity index (χ3v) is 2.88. The molecule has 0 amide bonds. The monoisotopic (exact) mass is 160 g/mol. The molecule has 2 aromatic rings. The van der Waals surface area contributed by atoms with Gasteiger partial charge in [-0.05, 0) is 30.4 Å². The summed E-state index contributed by atoms with van der Waals surface area (Å²) in [5.74, 6) is 0. The number of benzene rings is 1. The number of fused-ring (bicyclic) bond motifs is 5. The van der Waals surface area contributed by atoms with Gasteiger partial charge in [-0.1, -0.05) is 13.8 Å². The molecule has 0 spiro atoms. The van der Waals surface area contributed by atoms with Gasteiger partial charge in [-0.3, -0.25) is 0 Å². The summed E-state index contributed by atoms with van der Waals surface area (Å²) >= 11 is 0. The molecule has 0 radical (unpaired) electrons. The second kappa shape index (κ2) is 1.68. The Labute approximate surface area is 71.7 Å². The summed E-state index contributed by atoms with van der Waals surface area (Å²) in [4.78, 5) is 0. The minimum Gasteiger partial charge on any atom is -0.457 e. The van der Waals surface area contributed by atoms with Gasteiger partial charge in [0.25, 0.3) is 0 Å². The zero-order chi connectivity index (χ0) is 8.34. The molecule has 0 saturated heterocycles. The summed E-state index contributed by atoms with van der Waals surface area (Å²) in [6.45, 7) is 4.65. The molecule has 0 N–H and O–H groups in total. The number of hydrogen-bond acceptors (Lipinski definition) is 1. The molecular formula is C11H12O. The van der Waals surface area contributed by atoms with Gasteiger partial charge in [0.05, 0.1) is 0 Å². The van der Waals surface area contributed by atoms with Crippen LogP contribution in [0.3, 0.4) is 0 Å². The van der Waals surface area contributed by atoms with Gasteiger partial charge >= 0.3 is 0 Å². The molecule has 3 rings (SSSR count). The first kappa shape index (κ1) is 6.53. The van der Waals surface area contributed by atoms with E-state index in [4.69, 9.17) is 4.42 Å². The van der Waals surface area contributed by atoms with E-state index in [0.29, 0.717) is 5.41 Å². The minimum atomic E-state index is 0.455. The lowest BCUT2D eigenvalue weighted by Crippen LogP contribution is -2.09. The Bertz CT molecular complexity index is 386. The predicted octanol–water partition coefficient (Wildman–Crippen LogP) is 3.00. The standard InChI is InChI=1S/C11H12O/c1-11(2)5-7-8(6-11)10-4-3-9(7)12-10/h3-4H,5-6H2,1-2H3. The number of rotatable bonds is 0. The van der Waals surface area contributed by atoms with Crippen molar-refractivity contribution in [3.63, 3.8) is 0 Å². The smallest absolute Gasteiger partial charge is 0.131 e. The average molecular weight is 160 g/mol. The summed E-state index contributed by atoms with van der Waals surface area (Å²) in [7, 11) is 0. The Morgan fingerprint density at radius 3 is 2.08 bits per heavy atom. The molecule has 0 fully saturated rings. The Balaban J connectivity index is 2.27. The van der Waals surface area contributed by atoms with Crippen LogP contribution in [0.5, 0.6) is 0 Å². The summed E-state index contributed by atoms with van der Waals surface area (Å²) in [5.41, 5.74) is 5.63. The summed E-state index contributed by atoms with van der Waals surface area (Å²) in [6, 6.07) is 4.19. The number of hydrogen-bond donors (Lipinski definition) is 0. The lowest BCUT2D eigenvalue weighted by Gasteiger charge is -2.15. The van der Waals surface area contributed by atoms with Crippen LogP contribution in [0.4, 0.5) is 0 Å². The normalized spacial score (nSPS) is 20.5. The molecule has 0 aliphatic heterocycles. The van der Waals surface area contributed by atoms with Crippen LogP contribution in [0, 0.1) is 5.41 Å². The maximum absolute atomic E-state index is 5.58. The lowest BCUT2D eigenvalue weighted by atomic mass is 9.90. The third kappa shape index (κ3) is 0.644. The summed E-state index contributed by atoms with van der Waals surface area (Å²) in [5, 5.41) is 0. The second-order valence-corrected chi connectivity index (χ2v) is 4.64. The third-order valence-electron chi connectivity index (χ3n) is 2.88. The molecule has 2 heterocycles. The van der Waals surface area contributed by atoms with Crippen molar-refractivity contribution in [2.75, 3.05) is 0 Å². The van der Waals surface area contributed by atoms with Gasteiger partial charge in [-0.15, -0.1) is 0 Å². The molecule has 0 unspecified atom stereocenters. The zero-order valence-corrected chi connectivity index (χ0v) is 7.48. The Morgan fingerprint density at radius 1 is 1.08 bits per heavy atom. The molecule has 1 nitrogen and oxygen atoms in total. The molecule has 1 heteroatoms. The average Bonchev–Trinajstić information content (AvgIpc) is 2.54. The molecule has 1 aliphatic rings. The van der Waals surface area contributed by atoms with Crippen LogP contribution in [0.25, 0.3) is 11.2 Å². The highest BCUT2D eigenvalue weighted by Crippen LogP contribution is 2.43. The fourth-order valence-electron chi connectivity index (χ4n) is 2.37. The molecular weight excluding hydrogens is 148 g/mol. The van der Waals surface area contributed by atoms with Gasteiger partial charge in [-0.25, -0.2) is 0 Å². The molecule has 0 aromatic carbocycles. The molecule has 2 aromatic heterocycles. The summed E-state index contributed by atoms with van der Waals surface area (Å²) in [6.07, 6.45) is 2.37. The number of furan rings is 2. The van der Waals surface area contributed by atoms with Crippen LogP contribution in [0.15, 0.2) is 16.5 Å². The van der Waals surface area contributed by atoms with Gasteiger partial charge in [0, 0.05) is 11.1 Å². The van der Waals surface area contributed by atoms with Gasteiger partial charge in [0.2, 0.25) is 0 Å². The van der Waals surface area contributed by atoms with Crippen LogP contribution in [0.1, 0.15) is 25.0 Å². The van der Waals surface area contributed by atoms with E-state index in [1.807, 2.05) is 0 Å². The van der Waals surface area contributed by atoms with Crippen LogP contribution < -0.4 is 0 Å². The molecule has 12 heavy (non-hydrogen) atoms. The van der Waals surface area contributed by atoms with E-state index < -0.39 is 0 Å². The van der Waals surface area contributed by atoms with E-state index in [-0.39, 0.29) is 0 Å². The van der Waals surface area contributed by atoms with Crippen LogP contribution in [0.2, 0.25) is 0 Å². The van der Waals surface area contributed by atoms with Gasteiger partial charge in [-0.2, -0.15) is 0 Å². The largest absolute Gasteiger partial charge is 0.457 e. The van der Waals surface area contributed by atoms with Crippen molar-refractivity contribution in [2.24, 2.45) is 5.41 Å². The first-order chi connectivity index (χ1) is 5.66. The maximum Gasteiger partial charge on any atom is 0.131 e. The molecule has 62 valence electrons. The van der Waals surface area contributed by atoms with Crippen molar-refractivity contribution < 1.29 is 4.42 Å². The highest BCUT2D eigenvalue weighted by molar-refractivity contribution is 5.73. The topological polar surface area (TPSA) is 13.1 Å². The minimum absolute atomic E-state index is 0.455. The van der Waals surface area contributed by atoms with Crippen LogP contribution in [-0.2, 0) is 12.8 Å². The highest BCUT2D eigenvalue weighted by atomic mass is 16.3. The van der Waals surface area contributed by atoms with Gasteiger partial charge < -0.3 is 4.42 Å². The van der Waals surface area contributed by atoms with Crippen molar-refractivity contribution >= 4 is 11.2 Å². The highest BCUT2D eigenvalue weighted by Gasteiger charge is 2.33. The van der Waals surface area contributed by atoms with Gasteiger partial charge in [0.1, 0.15) is 11.2 Å². The van der Waals surface area contributed by atoms with E-state index in [9.17, 15) is 0 Å². The molecule has 2 bridgehead atoms. The van der Waals surface area contributed by atoms with Crippen LogP contribution >= 0.6 is 0 Å². The zero-order valence-electron chi connectivity index (χ0n) is 7.48. The first-order valence-electron chi connectivity index (χ1n) is 4.48.